The number of benzene rings is 2. The average molecular weight is 461 g/mol. The van der Waals surface area contributed by atoms with Crippen molar-refractivity contribution in [2.75, 3.05) is 16.0 Å². The number of anilines is 2. The number of carbonyl (C=O) groups is 1. The molecule has 1 aliphatic heterocycles. The Bertz CT molecular complexity index is 1110. The molecule has 0 aromatic heterocycles. The van der Waals surface area contributed by atoms with Gasteiger partial charge in [-0.15, -0.1) is 0 Å². The summed E-state index contributed by atoms with van der Waals surface area (Å²) >= 11 is 0. The molecule has 0 saturated carbocycles. The van der Waals surface area contributed by atoms with Crippen LogP contribution < -0.4 is 21.7 Å². The number of rotatable bonds is 5. The van der Waals surface area contributed by atoms with Gasteiger partial charge in [0, 0.05) is 11.4 Å². The molecule has 1 heterocycles. The highest BCUT2D eigenvalue weighted by Crippen LogP contribution is 2.28. The number of para-hydroxylation sites is 1. The lowest BCUT2D eigenvalue weighted by Crippen LogP contribution is -2.54. The van der Waals surface area contributed by atoms with Gasteiger partial charge < -0.3 is 16.8 Å². The molecule has 6 N–H and O–H groups in total. The number of nitrogens with zero attached hydrogens (tertiary/aromatic N) is 3. The maximum atomic E-state index is 12.3. The first-order valence-corrected chi connectivity index (χ1v) is 11.4. The minimum absolute atomic E-state index is 0.0878. The Labute approximate surface area is 187 Å². The molecule has 2 aromatic rings. The first-order valence-electron chi connectivity index (χ1n) is 9.80. The van der Waals surface area contributed by atoms with Crippen molar-refractivity contribution in [1.29, 1.82) is 0 Å². The van der Waals surface area contributed by atoms with E-state index in [1.807, 2.05) is 68.4 Å². The Morgan fingerprint density at radius 2 is 1.75 bits per heavy atom. The topological polar surface area (TPSA) is 163 Å². The quantitative estimate of drug-likeness (QED) is 0.495. The number of aliphatic imine (C=N–C) groups is 2. The molecule has 0 saturated heterocycles. The van der Waals surface area contributed by atoms with Crippen LogP contribution >= 0.6 is 0 Å². The first-order chi connectivity index (χ1) is 14.9. The van der Waals surface area contributed by atoms with Crippen molar-refractivity contribution in [3.05, 3.63) is 60.2 Å². The van der Waals surface area contributed by atoms with Gasteiger partial charge >= 0.3 is 0 Å². The number of guanidine groups is 2. The fraction of sp³-hybridized carbons (Fsp3) is 0.286. The summed E-state index contributed by atoms with van der Waals surface area (Å²) in [6.07, 6.45) is 0.249. The Morgan fingerprint density at radius 1 is 1.12 bits per heavy atom. The SMILES string of the molecule is CC1(C)N=C(N)N=C(N)N1c1cccc(CC(=O)Nc2ccccc2)c1.CCS(=O)(=O)O. The standard InChI is InChI=1S/C19H22N6O.C2H6O3S/c1-19(2)24-17(20)23-18(21)25(19)15-10-6-7-13(11-15)12-16(26)22-14-8-4-3-5-9-14;1-2-6(3,4)5/h3-11H,12H2,1-2H3,(H,22,26)(H4,20,21,23,24);2H2,1H3,(H,3,4,5). The van der Waals surface area contributed by atoms with Crippen LogP contribution in [0.15, 0.2) is 64.6 Å². The summed E-state index contributed by atoms with van der Waals surface area (Å²) in [5, 5.41) is 2.88. The van der Waals surface area contributed by atoms with Gasteiger partial charge in [0.05, 0.1) is 12.2 Å². The van der Waals surface area contributed by atoms with E-state index in [2.05, 4.69) is 15.3 Å². The lowest BCUT2D eigenvalue weighted by atomic mass is 10.1. The van der Waals surface area contributed by atoms with E-state index in [9.17, 15) is 13.2 Å². The Balaban J connectivity index is 0.000000534. The van der Waals surface area contributed by atoms with Crippen LogP contribution in [0.25, 0.3) is 0 Å². The molecule has 0 unspecified atom stereocenters. The van der Waals surface area contributed by atoms with Crippen LogP contribution in [-0.4, -0.2) is 42.2 Å². The zero-order valence-corrected chi connectivity index (χ0v) is 19.0. The number of amides is 1. The lowest BCUT2D eigenvalue weighted by molar-refractivity contribution is -0.115. The number of nitrogens with two attached hydrogens (primary N) is 2. The maximum absolute atomic E-state index is 12.3. The highest BCUT2D eigenvalue weighted by Gasteiger charge is 2.33. The first kappa shape index (κ1) is 24.8. The van der Waals surface area contributed by atoms with Crippen LogP contribution in [0.2, 0.25) is 0 Å². The second-order valence-electron chi connectivity index (χ2n) is 7.40. The van der Waals surface area contributed by atoms with E-state index < -0.39 is 15.8 Å². The van der Waals surface area contributed by atoms with Crippen LogP contribution in [0.3, 0.4) is 0 Å². The van der Waals surface area contributed by atoms with Gasteiger partial charge in [0.1, 0.15) is 5.66 Å². The van der Waals surface area contributed by atoms with Gasteiger partial charge in [-0.1, -0.05) is 30.3 Å². The molecule has 10 nitrogen and oxygen atoms in total. The number of carbonyl (C=O) groups excluding carboxylic acids is 1. The highest BCUT2D eigenvalue weighted by atomic mass is 32.2. The minimum atomic E-state index is -3.66. The molecule has 0 bridgehead atoms. The summed E-state index contributed by atoms with van der Waals surface area (Å²) < 4.78 is 26.9. The van der Waals surface area contributed by atoms with Crippen molar-refractivity contribution in [1.82, 2.24) is 0 Å². The van der Waals surface area contributed by atoms with Crippen LogP contribution in [0.5, 0.6) is 0 Å². The molecule has 0 fully saturated rings. The third kappa shape index (κ3) is 7.36. The van der Waals surface area contributed by atoms with Crippen molar-refractivity contribution in [3.8, 4) is 0 Å². The summed E-state index contributed by atoms with van der Waals surface area (Å²) in [5.41, 5.74) is 13.6. The summed E-state index contributed by atoms with van der Waals surface area (Å²) in [4.78, 5) is 22.5. The summed E-state index contributed by atoms with van der Waals surface area (Å²) in [5.74, 6) is 0.137. The van der Waals surface area contributed by atoms with E-state index >= 15 is 0 Å². The zero-order chi connectivity index (χ0) is 23.9. The number of hydrogen-bond acceptors (Lipinski definition) is 8. The maximum Gasteiger partial charge on any atom is 0.264 e. The number of nitrogens with one attached hydrogen (secondary N) is 1. The van der Waals surface area contributed by atoms with E-state index in [1.165, 1.54) is 6.92 Å². The molecule has 172 valence electrons. The van der Waals surface area contributed by atoms with Crippen LogP contribution in [0.4, 0.5) is 11.4 Å². The van der Waals surface area contributed by atoms with E-state index in [-0.39, 0.29) is 30.0 Å². The largest absolute Gasteiger partial charge is 0.369 e. The van der Waals surface area contributed by atoms with Crippen LogP contribution in [0, 0.1) is 0 Å². The Kier molecular flexibility index (Phi) is 7.95. The summed E-state index contributed by atoms with van der Waals surface area (Å²) in [7, 11) is -3.66. The molecule has 0 radical (unpaired) electrons. The molecule has 3 rings (SSSR count). The Morgan fingerprint density at radius 3 is 2.31 bits per heavy atom. The van der Waals surface area contributed by atoms with Crippen molar-refractivity contribution >= 4 is 39.3 Å². The highest BCUT2D eigenvalue weighted by molar-refractivity contribution is 7.85. The van der Waals surface area contributed by atoms with Crippen LogP contribution in [0.1, 0.15) is 26.3 Å². The van der Waals surface area contributed by atoms with Crippen molar-refractivity contribution in [2.45, 2.75) is 32.9 Å². The molecule has 1 aliphatic rings. The molecular formula is C21H28N6O4S. The second-order valence-corrected chi connectivity index (χ2v) is 9.14. The van der Waals surface area contributed by atoms with E-state index in [0.29, 0.717) is 0 Å². The molecular weight excluding hydrogens is 432 g/mol. The average Bonchev–Trinajstić information content (AvgIpc) is 2.67. The normalized spacial score (nSPS) is 15.1. The molecule has 0 aliphatic carbocycles. The van der Waals surface area contributed by atoms with Gasteiger partial charge in [-0.2, -0.15) is 13.4 Å². The monoisotopic (exact) mass is 460 g/mol. The third-order valence-electron chi connectivity index (χ3n) is 4.35. The Hall–Kier alpha value is -3.44. The molecule has 2 aromatic carbocycles. The van der Waals surface area contributed by atoms with Gasteiger partial charge in [-0.3, -0.25) is 14.2 Å². The summed E-state index contributed by atoms with van der Waals surface area (Å²) in [6.45, 7) is 5.17. The molecule has 0 atom stereocenters. The van der Waals surface area contributed by atoms with Gasteiger partial charge in [0.25, 0.3) is 10.1 Å². The molecule has 11 heteroatoms. The van der Waals surface area contributed by atoms with E-state index in [1.54, 1.807) is 4.90 Å². The zero-order valence-electron chi connectivity index (χ0n) is 18.2. The van der Waals surface area contributed by atoms with E-state index in [0.717, 1.165) is 16.9 Å². The van der Waals surface area contributed by atoms with Gasteiger partial charge in [0.2, 0.25) is 17.8 Å². The van der Waals surface area contributed by atoms with Crippen molar-refractivity contribution in [2.24, 2.45) is 21.5 Å². The van der Waals surface area contributed by atoms with Crippen molar-refractivity contribution in [3.63, 3.8) is 0 Å². The number of hydrogen-bond donors (Lipinski definition) is 4. The molecule has 0 spiro atoms. The van der Waals surface area contributed by atoms with E-state index in [4.69, 9.17) is 16.0 Å². The van der Waals surface area contributed by atoms with Gasteiger partial charge in [0.15, 0.2) is 0 Å². The molecule has 1 amide bonds. The lowest BCUT2D eigenvalue weighted by Gasteiger charge is -2.38. The third-order valence-corrected chi connectivity index (χ3v) is 5.08. The van der Waals surface area contributed by atoms with Crippen LogP contribution in [-0.2, 0) is 21.3 Å². The second kappa shape index (κ2) is 10.2. The minimum Gasteiger partial charge on any atom is -0.369 e. The predicted octanol–water partition coefficient (Wildman–Crippen LogP) is 1.95. The smallest absolute Gasteiger partial charge is 0.264 e. The molecule has 32 heavy (non-hydrogen) atoms. The fourth-order valence-electron chi connectivity index (χ4n) is 2.97. The summed E-state index contributed by atoms with van der Waals surface area (Å²) in [6, 6.07) is 17.0. The van der Waals surface area contributed by atoms with Crippen molar-refractivity contribution < 1.29 is 17.8 Å². The fourth-order valence-corrected chi connectivity index (χ4v) is 2.97. The van der Waals surface area contributed by atoms with Gasteiger partial charge in [-0.05, 0) is 50.6 Å². The predicted molar refractivity (Wildman–Crippen MR) is 127 cm³/mol. The van der Waals surface area contributed by atoms with Gasteiger partial charge in [-0.25, -0.2) is 4.99 Å².